The standard InChI is InChI=1S/C22H22N2O5S/c25-21-19-4-2-1-3-17(19)7-10-20(21)22(26)23-15-16-5-8-18(9-6-16)30(27,28)24-11-13-29-14-12-24/h1-10,25H,11-15H2,(H,23,26). The molecule has 3 aromatic rings. The highest BCUT2D eigenvalue weighted by Crippen LogP contribution is 2.28. The number of hydrogen-bond acceptors (Lipinski definition) is 5. The molecule has 8 heteroatoms. The Kier molecular flexibility index (Phi) is 5.72. The molecule has 0 radical (unpaired) electrons. The van der Waals surface area contributed by atoms with E-state index >= 15 is 0 Å². The van der Waals surface area contributed by atoms with Crippen LogP contribution < -0.4 is 5.32 Å². The molecule has 0 atom stereocenters. The van der Waals surface area contributed by atoms with Gasteiger partial charge in [0.05, 0.1) is 23.7 Å². The molecule has 4 rings (SSSR count). The number of morpholine rings is 1. The van der Waals surface area contributed by atoms with E-state index in [0.717, 1.165) is 10.9 Å². The lowest BCUT2D eigenvalue weighted by Crippen LogP contribution is -2.40. The second-order valence-corrected chi connectivity index (χ2v) is 8.96. The van der Waals surface area contributed by atoms with E-state index in [4.69, 9.17) is 4.74 Å². The fraction of sp³-hybridized carbons (Fsp3) is 0.227. The number of carbonyl (C=O) groups excluding carboxylic acids is 1. The number of fused-ring (bicyclic) bond motifs is 1. The molecule has 0 aromatic heterocycles. The molecule has 3 aromatic carbocycles. The van der Waals surface area contributed by atoms with Crippen LogP contribution in [0.15, 0.2) is 65.6 Å². The fourth-order valence-corrected chi connectivity index (χ4v) is 4.84. The van der Waals surface area contributed by atoms with Crippen molar-refractivity contribution in [3.8, 4) is 5.75 Å². The summed E-state index contributed by atoms with van der Waals surface area (Å²) >= 11 is 0. The number of sulfonamides is 1. The highest BCUT2D eigenvalue weighted by atomic mass is 32.2. The van der Waals surface area contributed by atoms with Crippen LogP contribution in [0.4, 0.5) is 0 Å². The molecule has 0 unspecified atom stereocenters. The van der Waals surface area contributed by atoms with Crippen LogP contribution >= 0.6 is 0 Å². The molecule has 2 N–H and O–H groups in total. The normalized spacial score (nSPS) is 15.2. The number of hydrogen-bond donors (Lipinski definition) is 2. The van der Waals surface area contributed by atoms with Gasteiger partial charge in [-0.1, -0.05) is 42.5 Å². The Hall–Kier alpha value is -2.94. The summed E-state index contributed by atoms with van der Waals surface area (Å²) < 4.78 is 32.0. The first-order chi connectivity index (χ1) is 14.5. The van der Waals surface area contributed by atoms with Gasteiger partial charge >= 0.3 is 0 Å². The highest BCUT2D eigenvalue weighted by Gasteiger charge is 2.26. The van der Waals surface area contributed by atoms with Gasteiger partial charge in [-0.25, -0.2) is 8.42 Å². The molecule has 7 nitrogen and oxygen atoms in total. The summed E-state index contributed by atoms with van der Waals surface area (Å²) in [7, 11) is -3.55. The molecule has 0 aliphatic carbocycles. The minimum atomic E-state index is -3.55. The fourth-order valence-electron chi connectivity index (χ4n) is 3.43. The van der Waals surface area contributed by atoms with Crippen molar-refractivity contribution in [2.45, 2.75) is 11.4 Å². The van der Waals surface area contributed by atoms with Crippen molar-refractivity contribution in [1.82, 2.24) is 9.62 Å². The number of aromatic hydroxyl groups is 1. The Morgan fingerprint density at radius 3 is 2.43 bits per heavy atom. The van der Waals surface area contributed by atoms with E-state index in [1.165, 1.54) is 4.31 Å². The number of phenolic OH excluding ortho intramolecular Hbond substituents is 1. The second kappa shape index (κ2) is 8.43. The van der Waals surface area contributed by atoms with Gasteiger partial charge in [0.15, 0.2) is 0 Å². The van der Waals surface area contributed by atoms with E-state index in [-0.39, 0.29) is 22.8 Å². The summed E-state index contributed by atoms with van der Waals surface area (Å²) in [6.07, 6.45) is 0. The number of benzene rings is 3. The Morgan fingerprint density at radius 1 is 1.00 bits per heavy atom. The lowest BCUT2D eigenvalue weighted by Gasteiger charge is -2.26. The SMILES string of the molecule is O=C(NCc1ccc(S(=O)(=O)N2CCOCC2)cc1)c1ccc2ccccc2c1O. The van der Waals surface area contributed by atoms with Crippen molar-refractivity contribution in [2.24, 2.45) is 0 Å². The molecule has 1 aliphatic rings. The number of nitrogens with zero attached hydrogens (tertiary/aromatic N) is 1. The first kappa shape index (κ1) is 20.3. The van der Waals surface area contributed by atoms with Crippen molar-refractivity contribution in [3.05, 3.63) is 71.8 Å². The zero-order valence-corrected chi connectivity index (χ0v) is 17.1. The van der Waals surface area contributed by atoms with E-state index < -0.39 is 15.9 Å². The van der Waals surface area contributed by atoms with Crippen molar-refractivity contribution < 1.29 is 23.1 Å². The summed E-state index contributed by atoms with van der Waals surface area (Å²) in [5.74, 6) is -0.458. The van der Waals surface area contributed by atoms with Gasteiger partial charge in [-0.2, -0.15) is 4.31 Å². The van der Waals surface area contributed by atoms with E-state index in [2.05, 4.69) is 5.32 Å². The first-order valence-electron chi connectivity index (χ1n) is 9.62. The minimum absolute atomic E-state index is 0.0578. The number of phenols is 1. The predicted octanol–water partition coefficient (Wildman–Crippen LogP) is 2.50. The molecule has 156 valence electrons. The van der Waals surface area contributed by atoms with Crippen LogP contribution in [0.5, 0.6) is 5.75 Å². The smallest absolute Gasteiger partial charge is 0.255 e. The molecule has 1 aliphatic heterocycles. The Morgan fingerprint density at radius 2 is 1.70 bits per heavy atom. The maximum absolute atomic E-state index is 12.7. The molecule has 1 fully saturated rings. The average molecular weight is 426 g/mol. The zero-order valence-electron chi connectivity index (χ0n) is 16.2. The van der Waals surface area contributed by atoms with E-state index in [9.17, 15) is 18.3 Å². The van der Waals surface area contributed by atoms with Gasteiger partial charge < -0.3 is 15.2 Å². The van der Waals surface area contributed by atoms with Crippen molar-refractivity contribution in [2.75, 3.05) is 26.3 Å². The molecular formula is C22H22N2O5S. The van der Waals surface area contributed by atoms with Gasteiger partial charge in [-0.05, 0) is 29.1 Å². The molecule has 0 bridgehead atoms. The van der Waals surface area contributed by atoms with Gasteiger partial charge in [-0.15, -0.1) is 0 Å². The van der Waals surface area contributed by atoms with Gasteiger partial charge in [-0.3, -0.25) is 4.79 Å². The maximum Gasteiger partial charge on any atom is 0.255 e. The van der Waals surface area contributed by atoms with Crippen LogP contribution in [-0.4, -0.2) is 50.0 Å². The Balaban J connectivity index is 1.44. The van der Waals surface area contributed by atoms with Crippen molar-refractivity contribution >= 4 is 26.7 Å². The van der Waals surface area contributed by atoms with E-state index in [1.807, 2.05) is 12.1 Å². The third-order valence-corrected chi connectivity index (χ3v) is 7.04. The topological polar surface area (TPSA) is 95.9 Å². The molecule has 0 spiro atoms. The number of rotatable bonds is 5. The molecule has 30 heavy (non-hydrogen) atoms. The summed E-state index contributed by atoms with van der Waals surface area (Å²) in [5, 5.41) is 14.7. The third-order valence-electron chi connectivity index (χ3n) is 5.13. The monoisotopic (exact) mass is 426 g/mol. The minimum Gasteiger partial charge on any atom is -0.506 e. The molecule has 0 saturated carbocycles. The van der Waals surface area contributed by atoms with Gasteiger partial charge in [0.1, 0.15) is 5.75 Å². The Labute approximate surface area is 174 Å². The van der Waals surface area contributed by atoms with Crippen LogP contribution in [0, 0.1) is 0 Å². The number of amides is 1. The lowest BCUT2D eigenvalue weighted by molar-refractivity contribution is 0.0730. The van der Waals surface area contributed by atoms with Crippen LogP contribution in [0.2, 0.25) is 0 Å². The summed E-state index contributed by atoms with van der Waals surface area (Å²) in [6, 6.07) is 17.1. The number of ether oxygens (including phenoxy) is 1. The predicted molar refractivity (Wildman–Crippen MR) is 113 cm³/mol. The lowest BCUT2D eigenvalue weighted by atomic mass is 10.0. The van der Waals surface area contributed by atoms with Crippen LogP contribution in [-0.2, 0) is 21.3 Å². The molecule has 1 saturated heterocycles. The molecular weight excluding hydrogens is 404 g/mol. The first-order valence-corrected chi connectivity index (χ1v) is 11.1. The third kappa shape index (κ3) is 4.02. The van der Waals surface area contributed by atoms with E-state index in [0.29, 0.717) is 31.7 Å². The van der Waals surface area contributed by atoms with Crippen molar-refractivity contribution in [3.63, 3.8) is 0 Å². The quantitative estimate of drug-likeness (QED) is 0.654. The van der Waals surface area contributed by atoms with Gasteiger partial charge in [0.25, 0.3) is 5.91 Å². The summed E-state index contributed by atoms with van der Waals surface area (Å²) in [4.78, 5) is 12.7. The van der Waals surface area contributed by atoms with Crippen LogP contribution in [0.25, 0.3) is 10.8 Å². The highest BCUT2D eigenvalue weighted by molar-refractivity contribution is 7.89. The van der Waals surface area contributed by atoms with Gasteiger partial charge in [0.2, 0.25) is 10.0 Å². The number of carbonyl (C=O) groups is 1. The average Bonchev–Trinajstić information content (AvgIpc) is 2.79. The van der Waals surface area contributed by atoms with Gasteiger partial charge in [0, 0.05) is 25.0 Å². The Bertz CT molecular complexity index is 1170. The zero-order chi connectivity index (χ0) is 21.1. The second-order valence-electron chi connectivity index (χ2n) is 7.03. The molecule has 1 heterocycles. The van der Waals surface area contributed by atoms with Crippen LogP contribution in [0.1, 0.15) is 15.9 Å². The summed E-state index contributed by atoms with van der Waals surface area (Å²) in [5.41, 5.74) is 0.949. The van der Waals surface area contributed by atoms with Crippen molar-refractivity contribution in [1.29, 1.82) is 0 Å². The number of nitrogens with one attached hydrogen (secondary N) is 1. The summed E-state index contributed by atoms with van der Waals surface area (Å²) in [6.45, 7) is 1.68. The largest absolute Gasteiger partial charge is 0.506 e. The molecule has 1 amide bonds. The maximum atomic E-state index is 12.7. The van der Waals surface area contributed by atoms with Crippen LogP contribution in [0.3, 0.4) is 0 Å². The van der Waals surface area contributed by atoms with E-state index in [1.54, 1.807) is 48.5 Å².